The number of hydrogen-bond donors (Lipinski definition) is 2. The van der Waals surface area contributed by atoms with Gasteiger partial charge in [-0.15, -0.1) is 0 Å². The Bertz CT molecular complexity index is 792. The summed E-state index contributed by atoms with van der Waals surface area (Å²) in [5.74, 6) is -0.653. The topological polar surface area (TPSA) is 72.2 Å². The first-order valence-electron chi connectivity index (χ1n) is 7.12. The van der Waals surface area contributed by atoms with Crippen molar-refractivity contribution < 1.29 is 9.59 Å². The van der Waals surface area contributed by atoms with Crippen LogP contribution in [0.5, 0.6) is 0 Å². The van der Waals surface area contributed by atoms with Crippen LogP contribution in [0.3, 0.4) is 0 Å². The molecule has 0 aliphatic heterocycles. The van der Waals surface area contributed by atoms with E-state index in [1.165, 1.54) is 12.1 Å². The number of nitrogens with one attached hydrogen (secondary N) is 1. The minimum absolute atomic E-state index is 0.0854. The van der Waals surface area contributed by atoms with Crippen LogP contribution in [0.2, 0.25) is 10.0 Å². The number of rotatable bonds is 4. The molecule has 4 nitrogen and oxygen atoms in total. The molecule has 0 aromatic heterocycles. The van der Waals surface area contributed by atoms with Crippen molar-refractivity contribution in [2.75, 3.05) is 5.32 Å². The first-order chi connectivity index (χ1) is 11.0. The number of nitrogens with two attached hydrogens (primary N) is 1. The number of benzene rings is 2. The fraction of sp³-hybridized carbons (Fsp3) is 0.176. The molecule has 1 saturated carbocycles. The fourth-order valence-electron chi connectivity index (χ4n) is 2.63. The first-order valence-corrected chi connectivity index (χ1v) is 7.87. The van der Waals surface area contributed by atoms with Crippen LogP contribution in [0.1, 0.15) is 28.3 Å². The minimum atomic E-state index is -0.603. The zero-order chi connectivity index (χ0) is 16.6. The number of amides is 2. The summed E-state index contributed by atoms with van der Waals surface area (Å²) in [7, 11) is 0. The predicted molar refractivity (Wildman–Crippen MR) is 90.9 cm³/mol. The molecule has 1 aliphatic rings. The van der Waals surface area contributed by atoms with Gasteiger partial charge in [-0.2, -0.15) is 0 Å². The number of carbonyl (C=O) groups is 2. The fourth-order valence-corrected chi connectivity index (χ4v) is 3.18. The molecular weight excluding hydrogens is 335 g/mol. The molecule has 118 valence electrons. The molecular formula is C17H14Cl2N2O2. The zero-order valence-electron chi connectivity index (χ0n) is 12.1. The van der Waals surface area contributed by atoms with Crippen molar-refractivity contribution >= 4 is 40.7 Å². The SMILES string of the molecule is NC(=O)c1ccc(NC(=O)[C@H]2C[C@@H]2c2ccccc2Cl)cc1Cl. The van der Waals surface area contributed by atoms with E-state index in [9.17, 15) is 9.59 Å². The van der Waals surface area contributed by atoms with E-state index < -0.39 is 5.91 Å². The molecule has 0 saturated heterocycles. The second-order valence-corrected chi connectivity index (χ2v) is 6.33. The third kappa shape index (κ3) is 3.33. The van der Waals surface area contributed by atoms with Crippen LogP contribution in [-0.4, -0.2) is 11.8 Å². The molecule has 0 bridgehead atoms. The third-order valence-electron chi connectivity index (χ3n) is 3.93. The minimum Gasteiger partial charge on any atom is -0.366 e. The Morgan fingerprint density at radius 2 is 1.83 bits per heavy atom. The molecule has 0 unspecified atom stereocenters. The van der Waals surface area contributed by atoms with Gasteiger partial charge < -0.3 is 11.1 Å². The van der Waals surface area contributed by atoms with Crippen LogP contribution < -0.4 is 11.1 Å². The van der Waals surface area contributed by atoms with E-state index in [1.54, 1.807) is 6.07 Å². The summed E-state index contributed by atoms with van der Waals surface area (Å²) in [6, 6.07) is 12.2. The summed E-state index contributed by atoms with van der Waals surface area (Å²) < 4.78 is 0. The lowest BCUT2D eigenvalue weighted by atomic mass is 10.1. The predicted octanol–water partition coefficient (Wildman–Crippen LogP) is 3.83. The first kappa shape index (κ1) is 15.8. The lowest BCUT2D eigenvalue weighted by molar-refractivity contribution is -0.117. The average Bonchev–Trinajstić information content (AvgIpc) is 3.28. The van der Waals surface area contributed by atoms with Gasteiger partial charge in [0.15, 0.2) is 0 Å². The van der Waals surface area contributed by atoms with Crippen LogP contribution in [0.4, 0.5) is 5.69 Å². The molecule has 6 heteroatoms. The molecule has 2 aromatic carbocycles. The highest BCUT2D eigenvalue weighted by atomic mass is 35.5. The Morgan fingerprint density at radius 3 is 2.48 bits per heavy atom. The summed E-state index contributed by atoms with van der Waals surface area (Å²) in [4.78, 5) is 23.5. The number of halogens is 2. The van der Waals surface area contributed by atoms with Crippen molar-refractivity contribution in [2.24, 2.45) is 11.7 Å². The Balaban J connectivity index is 1.68. The van der Waals surface area contributed by atoms with Gasteiger partial charge in [0.1, 0.15) is 0 Å². The van der Waals surface area contributed by atoms with Crippen molar-refractivity contribution in [3.63, 3.8) is 0 Å². The highest BCUT2D eigenvalue weighted by molar-refractivity contribution is 6.34. The Morgan fingerprint density at radius 1 is 1.09 bits per heavy atom. The summed E-state index contributed by atoms with van der Waals surface area (Å²) in [5.41, 5.74) is 6.96. The number of hydrogen-bond acceptors (Lipinski definition) is 2. The summed E-state index contributed by atoms with van der Waals surface area (Å²) in [5, 5.41) is 3.71. The molecule has 0 heterocycles. The van der Waals surface area contributed by atoms with Crippen LogP contribution in [-0.2, 0) is 4.79 Å². The highest BCUT2D eigenvalue weighted by Gasteiger charge is 2.44. The molecule has 2 amide bonds. The third-order valence-corrected chi connectivity index (χ3v) is 4.59. The Hall–Kier alpha value is -2.04. The van der Waals surface area contributed by atoms with Gasteiger partial charge in [0.25, 0.3) is 0 Å². The second-order valence-electron chi connectivity index (χ2n) is 5.52. The van der Waals surface area contributed by atoms with Crippen molar-refractivity contribution in [1.82, 2.24) is 0 Å². The van der Waals surface area contributed by atoms with Gasteiger partial charge in [0.05, 0.1) is 10.6 Å². The van der Waals surface area contributed by atoms with Crippen molar-refractivity contribution in [2.45, 2.75) is 12.3 Å². The Labute approximate surface area is 143 Å². The lowest BCUT2D eigenvalue weighted by Crippen LogP contribution is -2.15. The standard InChI is InChI=1S/C17H14Cl2N2O2/c18-14-4-2-1-3-10(14)12-8-13(12)17(23)21-9-5-6-11(16(20)22)15(19)7-9/h1-7,12-13H,8H2,(H2,20,22)(H,21,23)/t12-,13+/m1/s1. The summed E-state index contributed by atoms with van der Waals surface area (Å²) >= 11 is 12.1. The molecule has 0 radical (unpaired) electrons. The molecule has 2 aromatic rings. The van der Waals surface area contributed by atoms with E-state index in [0.717, 1.165) is 12.0 Å². The quantitative estimate of drug-likeness (QED) is 0.880. The number of carbonyl (C=O) groups excluding carboxylic acids is 2. The van der Waals surface area contributed by atoms with E-state index in [2.05, 4.69) is 5.32 Å². The summed E-state index contributed by atoms with van der Waals surface area (Å²) in [6.07, 6.45) is 0.767. The second kappa shape index (κ2) is 6.22. The molecule has 3 N–H and O–H groups in total. The van der Waals surface area contributed by atoms with E-state index >= 15 is 0 Å². The van der Waals surface area contributed by atoms with Crippen LogP contribution in [0.15, 0.2) is 42.5 Å². The van der Waals surface area contributed by atoms with Crippen LogP contribution in [0, 0.1) is 5.92 Å². The zero-order valence-corrected chi connectivity index (χ0v) is 13.6. The monoisotopic (exact) mass is 348 g/mol. The smallest absolute Gasteiger partial charge is 0.250 e. The van der Waals surface area contributed by atoms with E-state index in [1.807, 2.05) is 24.3 Å². The van der Waals surface area contributed by atoms with Crippen molar-refractivity contribution in [3.05, 3.63) is 63.6 Å². The maximum absolute atomic E-state index is 12.3. The maximum atomic E-state index is 12.3. The number of primary amides is 1. The summed E-state index contributed by atoms with van der Waals surface area (Å²) in [6.45, 7) is 0. The normalized spacial score (nSPS) is 19.2. The molecule has 23 heavy (non-hydrogen) atoms. The van der Waals surface area contributed by atoms with Crippen molar-refractivity contribution in [3.8, 4) is 0 Å². The van der Waals surface area contributed by atoms with E-state index in [-0.39, 0.29) is 28.3 Å². The van der Waals surface area contributed by atoms with Crippen LogP contribution >= 0.6 is 23.2 Å². The molecule has 0 spiro atoms. The largest absolute Gasteiger partial charge is 0.366 e. The van der Waals surface area contributed by atoms with Gasteiger partial charge in [-0.25, -0.2) is 0 Å². The maximum Gasteiger partial charge on any atom is 0.250 e. The van der Waals surface area contributed by atoms with Gasteiger partial charge in [-0.05, 0) is 42.2 Å². The van der Waals surface area contributed by atoms with Crippen molar-refractivity contribution in [1.29, 1.82) is 0 Å². The van der Waals surface area contributed by atoms with Crippen LogP contribution in [0.25, 0.3) is 0 Å². The average molecular weight is 349 g/mol. The molecule has 2 atom stereocenters. The molecule has 3 rings (SSSR count). The van der Waals surface area contributed by atoms with E-state index in [0.29, 0.717) is 10.7 Å². The van der Waals surface area contributed by atoms with Gasteiger partial charge in [-0.1, -0.05) is 41.4 Å². The highest BCUT2D eigenvalue weighted by Crippen LogP contribution is 2.50. The van der Waals surface area contributed by atoms with Gasteiger partial charge in [0.2, 0.25) is 11.8 Å². The van der Waals surface area contributed by atoms with Gasteiger partial charge >= 0.3 is 0 Å². The lowest BCUT2D eigenvalue weighted by Gasteiger charge is -2.08. The Kier molecular flexibility index (Phi) is 4.28. The van der Waals surface area contributed by atoms with Gasteiger partial charge in [-0.3, -0.25) is 9.59 Å². The van der Waals surface area contributed by atoms with E-state index in [4.69, 9.17) is 28.9 Å². The molecule has 1 fully saturated rings. The van der Waals surface area contributed by atoms with Gasteiger partial charge in [0, 0.05) is 16.6 Å². The number of anilines is 1. The molecule has 1 aliphatic carbocycles.